The van der Waals surface area contributed by atoms with Gasteiger partial charge in [0.2, 0.25) is 17.7 Å². The summed E-state index contributed by atoms with van der Waals surface area (Å²) < 4.78 is 19.1. The summed E-state index contributed by atoms with van der Waals surface area (Å²) in [6.07, 6.45) is 0.625. The van der Waals surface area contributed by atoms with E-state index < -0.39 is 10.8 Å². The molecule has 2 atom stereocenters. The molecule has 0 radical (unpaired) electrons. The van der Waals surface area contributed by atoms with Gasteiger partial charge >= 0.3 is 0 Å². The van der Waals surface area contributed by atoms with E-state index in [1.54, 1.807) is 17.0 Å². The number of halogens is 1. The van der Waals surface area contributed by atoms with E-state index >= 15 is 0 Å². The molecule has 0 bridgehead atoms. The van der Waals surface area contributed by atoms with Gasteiger partial charge in [-0.3, -0.25) is 4.79 Å². The van der Waals surface area contributed by atoms with Gasteiger partial charge < -0.3 is 9.32 Å². The lowest BCUT2D eigenvalue weighted by atomic mass is 9.80. The normalized spacial score (nSPS) is 26.6. The Balaban J connectivity index is 1.49. The second-order valence-electron chi connectivity index (χ2n) is 7.33. The van der Waals surface area contributed by atoms with Gasteiger partial charge in [0.05, 0.1) is 11.5 Å². The number of rotatable bonds is 3. The third kappa shape index (κ3) is 2.32. The van der Waals surface area contributed by atoms with Crippen molar-refractivity contribution in [1.29, 1.82) is 5.26 Å². The average molecular weight is 340 g/mol. The minimum absolute atomic E-state index is 0.107. The predicted octanol–water partition coefficient (Wildman–Crippen LogP) is 2.53. The van der Waals surface area contributed by atoms with Crippen LogP contribution in [0.2, 0.25) is 0 Å². The van der Waals surface area contributed by atoms with Gasteiger partial charge in [0.1, 0.15) is 11.2 Å². The van der Waals surface area contributed by atoms with Crippen LogP contribution in [0.4, 0.5) is 4.39 Å². The van der Waals surface area contributed by atoms with Crippen molar-refractivity contribution >= 4 is 5.91 Å². The maximum atomic E-state index is 13.3. The molecular formula is C18H17FN4O2. The van der Waals surface area contributed by atoms with Crippen LogP contribution in [0.15, 0.2) is 28.7 Å². The first-order valence-corrected chi connectivity index (χ1v) is 8.18. The summed E-state index contributed by atoms with van der Waals surface area (Å²) in [7, 11) is 0. The number of nitriles is 1. The summed E-state index contributed by atoms with van der Waals surface area (Å²) in [6.45, 7) is 4.73. The van der Waals surface area contributed by atoms with E-state index in [0.29, 0.717) is 31.0 Å². The summed E-state index contributed by atoms with van der Waals surface area (Å²) in [5, 5.41) is 17.4. The topological polar surface area (TPSA) is 83.0 Å². The van der Waals surface area contributed by atoms with E-state index in [-0.39, 0.29) is 23.5 Å². The van der Waals surface area contributed by atoms with Crippen LogP contribution in [-0.4, -0.2) is 34.1 Å². The number of aromatic nitrogens is 2. The molecule has 1 aromatic carbocycles. The molecule has 2 aromatic rings. The number of likely N-dealkylation sites (tertiary alicyclic amines) is 1. The van der Waals surface area contributed by atoms with E-state index in [2.05, 4.69) is 16.3 Å². The molecule has 1 aliphatic heterocycles. The smallest absolute Gasteiger partial charge is 0.247 e. The van der Waals surface area contributed by atoms with E-state index in [0.717, 1.165) is 0 Å². The molecule has 1 saturated heterocycles. The van der Waals surface area contributed by atoms with Crippen molar-refractivity contribution in [2.75, 3.05) is 13.1 Å². The number of hydrogen-bond donors (Lipinski definition) is 0. The van der Waals surface area contributed by atoms with Gasteiger partial charge in [-0.15, -0.1) is 10.2 Å². The zero-order chi connectivity index (χ0) is 17.8. The van der Waals surface area contributed by atoms with Crippen LogP contribution in [0.5, 0.6) is 0 Å². The van der Waals surface area contributed by atoms with Gasteiger partial charge in [-0.05, 0) is 37.5 Å². The summed E-state index contributed by atoms with van der Waals surface area (Å²) in [5.74, 6) is 0.310. The highest BCUT2D eigenvalue weighted by Crippen LogP contribution is 2.54. The third-order valence-electron chi connectivity index (χ3n) is 5.27. The number of amides is 1. The fourth-order valence-corrected chi connectivity index (χ4v) is 3.49. The highest BCUT2D eigenvalue weighted by Gasteiger charge is 2.62. The Kier molecular flexibility index (Phi) is 3.23. The van der Waals surface area contributed by atoms with E-state index in [4.69, 9.17) is 4.42 Å². The van der Waals surface area contributed by atoms with Crippen molar-refractivity contribution < 1.29 is 13.6 Å². The van der Waals surface area contributed by atoms with Gasteiger partial charge in [0, 0.05) is 18.7 Å². The van der Waals surface area contributed by atoms with Crippen molar-refractivity contribution in [2.24, 2.45) is 11.3 Å². The Morgan fingerprint density at radius 1 is 1.44 bits per heavy atom. The van der Waals surface area contributed by atoms with Gasteiger partial charge in [-0.2, -0.15) is 5.26 Å². The van der Waals surface area contributed by atoms with Crippen LogP contribution in [-0.2, 0) is 10.2 Å². The van der Waals surface area contributed by atoms with Crippen LogP contribution >= 0.6 is 0 Å². The van der Waals surface area contributed by atoms with Crippen LogP contribution in [0, 0.1) is 28.5 Å². The molecular weight excluding hydrogens is 323 g/mol. The molecule has 6 nitrogen and oxygen atoms in total. The Hall–Kier alpha value is -2.75. The summed E-state index contributed by atoms with van der Waals surface area (Å²) >= 11 is 0. The molecule has 1 amide bonds. The summed E-state index contributed by atoms with van der Waals surface area (Å²) in [5.41, 5.74) is -0.767. The van der Waals surface area contributed by atoms with Crippen LogP contribution in [0.3, 0.4) is 0 Å². The standard InChI is InChI=1S/C18H17FN4O2/c1-11-7-18(11,8-20)16(24)23-9-17(2,10-23)15-22-21-14(25-15)12-4-3-5-13(19)6-12/h3-6,11H,7,9-10H2,1-2H3. The molecule has 4 rings (SSSR count). The van der Waals surface area contributed by atoms with Crippen LogP contribution < -0.4 is 0 Å². The van der Waals surface area contributed by atoms with E-state index in [1.165, 1.54) is 12.1 Å². The maximum Gasteiger partial charge on any atom is 0.247 e. The lowest BCUT2D eigenvalue weighted by molar-refractivity contribution is -0.143. The number of carbonyl (C=O) groups excluding carboxylic acids is 1. The monoisotopic (exact) mass is 340 g/mol. The maximum absolute atomic E-state index is 13.3. The quantitative estimate of drug-likeness (QED) is 0.857. The zero-order valence-electron chi connectivity index (χ0n) is 14.0. The Bertz CT molecular complexity index is 896. The SMILES string of the molecule is CC1CC1(C#N)C(=O)N1CC(C)(c2nnc(-c3cccc(F)c3)o2)C1. The molecule has 128 valence electrons. The molecule has 2 unspecified atom stereocenters. The molecule has 1 aromatic heterocycles. The number of carbonyl (C=O) groups is 1. The Morgan fingerprint density at radius 3 is 2.76 bits per heavy atom. The molecule has 2 heterocycles. The first-order valence-electron chi connectivity index (χ1n) is 8.18. The highest BCUT2D eigenvalue weighted by molar-refractivity contribution is 5.89. The molecule has 0 spiro atoms. The van der Waals surface area contributed by atoms with Crippen molar-refractivity contribution in [2.45, 2.75) is 25.7 Å². The second-order valence-corrected chi connectivity index (χ2v) is 7.33. The molecule has 7 heteroatoms. The molecule has 1 saturated carbocycles. The average Bonchev–Trinajstić information content (AvgIpc) is 3.01. The van der Waals surface area contributed by atoms with Gasteiger partial charge in [0.25, 0.3) is 0 Å². The lowest BCUT2D eigenvalue weighted by Crippen LogP contribution is -2.61. The van der Waals surface area contributed by atoms with Gasteiger partial charge in [0.15, 0.2) is 0 Å². The van der Waals surface area contributed by atoms with Crippen LogP contribution in [0.25, 0.3) is 11.5 Å². The number of hydrogen-bond acceptors (Lipinski definition) is 5. The Labute approximate surface area is 144 Å². The first kappa shape index (κ1) is 15.8. The molecule has 1 aliphatic carbocycles. The van der Waals surface area contributed by atoms with Crippen molar-refractivity contribution in [3.8, 4) is 17.5 Å². The van der Waals surface area contributed by atoms with Crippen molar-refractivity contribution in [3.05, 3.63) is 36.0 Å². The third-order valence-corrected chi connectivity index (χ3v) is 5.27. The van der Waals surface area contributed by atoms with Crippen molar-refractivity contribution in [3.63, 3.8) is 0 Å². The minimum atomic E-state index is -0.844. The second kappa shape index (κ2) is 5.12. The summed E-state index contributed by atoms with van der Waals surface area (Å²) in [4.78, 5) is 14.2. The van der Waals surface area contributed by atoms with E-state index in [1.807, 2.05) is 13.8 Å². The van der Waals surface area contributed by atoms with Crippen LogP contribution in [0.1, 0.15) is 26.2 Å². The molecule has 0 N–H and O–H groups in total. The number of nitrogens with zero attached hydrogens (tertiary/aromatic N) is 4. The molecule has 2 aliphatic rings. The summed E-state index contributed by atoms with van der Waals surface area (Å²) in [6, 6.07) is 8.13. The van der Waals surface area contributed by atoms with Gasteiger partial charge in [-0.25, -0.2) is 4.39 Å². The number of benzene rings is 1. The Morgan fingerprint density at radius 2 is 2.16 bits per heavy atom. The lowest BCUT2D eigenvalue weighted by Gasteiger charge is -2.46. The minimum Gasteiger partial charge on any atom is -0.420 e. The predicted molar refractivity (Wildman–Crippen MR) is 85.5 cm³/mol. The van der Waals surface area contributed by atoms with E-state index in [9.17, 15) is 14.4 Å². The largest absolute Gasteiger partial charge is 0.420 e. The van der Waals surface area contributed by atoms with Gasteiger partial charge in [-0.1, -0.05) is 13.0 Å². The zero-order valence-corrected chi connectivity index (χ0v) is 14.0. The fraction of sp³-hybridized carbons (Fsp3) is 0.444. The molecule has 2 fully saturated rings. The first-order chi connectivity index (χ1) is 11.9. The fourth-order valence-electron chi connectivity index (χ4n) is 3.49. The molecule has 25 heavy (non-hydrogen) atoms. The highest BCUT2D eigenvalue weighted by atomic mass is 19.1. The van der Waals surface area contributed by atoms with Crippen molar-refractivity contribution in [1.82, 2.24) is 15.1 Å².